The molecule has 5 nitrogen and oxygen atoms in total. The van der Waals surface area contributed by atoms with Crippen molar-refractivity contribution in [1.29, 1.82) is 0 Å². The molecule has 5 heteroatoms. The van der Waals surface area contributed by atoms with Crippen molar-refractivity contribution in [2.75, 3.05) is 0 Å². The fourth-order valence-corrected chi connectivity index (χ4v) is 2.85. The van der Waals surface area contributed by atoms with Crippen molar-refractivity contribution in [1.82, 2.24) is 5.32 Å². The number of fused-ring (bicyclic) bond motifs is 2. The topological polar surface area (TPSA) is 75.6 Å². The van der Waals surface area contributed by atoms with Crippen LogP contribution in [0.15, 0.2) is 0 Å². The molecule has 88 valence electrons. The van der Waals surface area contributed by atoms with Crippen molar-refractivity contribution in [3.05, 3.63) is 0 Å². The zero-order chi connectivity index (χ0) is 11.3. The zero-order valence-corrected chi connectivity index (χ0v) is 8.89. The molecule has 3 aliphatic rings. The molecular weight excluding hydrogens is 210 g/mol. The van der Waals surface area contributed by atoms with Crippen LogP contribution in [0.2, 0.25) is 0 Å². The smallest absolute Gasteiger partial charge is 0.310 e. The molecule has 0 spiro atoms. The van der Waals surface area contributed by atoms with E-state index in [0.29, 0.717) is 0 Å². The van der Waals surface area contributed by atoms with Crippen molar-refractivity contribution in [3.8, 4) is 0 Å². The van der Waals surface area contributed by atoms with Crippen molar-refractivity contribution in [3.63, 3.8) is 0 Å². The lowest BCUT2D eigenvalue weighted by Gasteiger charge is -2.23. The number of carboxylic acid groups (broad SMARTS) is 1. The number of rotatable bonds is 3. The van der Waals surface area contributed by atoms with Gasteiger partial charge in [-0.15, -0.1) is 0 Å². The van der Waals surface area contributed by atoms with Crippen LogP contribution in [0.3, 0.4) is 0 Å². The quantitative estimate of drug-likeness (QED) is 0.716. The van der Waals surface area contributed by atoms with Crippen LogP contribution in [0.1, 0.15) is 25.7 Å². The Hall–Kier alpha value is -1.10. The molecule has 0 aromatic heterocycles. The Bertz CT molecular complexity index is 339. The summed E-state index contributed by atoms with van der Waals surface area (Å²) in [7, 11) is 0. The fourth-order valence-electron chi connectivity index (χ4n) is 2.85. The van der Waals surface area contributed by atoms with Crippen LogP contribution in [0, 0.1) is 11.8 Å². The number of amides is 1. The molecule has 1 amide bonds. The van der Waals surface area contributed by atoms with E-state index in [0.717, 1.165) is 25.7 Å². The number of carbonyl (C=O) groups excluding carboxylic acids is 1. The predicted molar refractivity (Wildman–Crippen MR) is 53.7 cm³/mol. The van der Waals surface area contributed by atoms with E-state index in [9.17, 15) is 9.59 Å². The molecule has 0 unspecified atom stereocenters. The first-order valence-corrected chi connectivity index (χ1v) is 5.85. The first-order valence-electron chi connectivity index (χ1n) is 5.85. The molecule has 2 aliphatic heterocycles. The molecule has 2 bridgehead atoms. The first kappa shape index (κ1) is 10.1. The largest absolute Gasteiger partial charge is 0.481 e. The molecule has 2 saturated heterocycles. The average Bonchev–Trinajstić information content (AvgIpc) is 2.81. The maximum Gasteiger partial charge on any atom is 0.310 e. The molecule has 1 saturated carbocycles. The average molecular weight is 225 g/mol. The summed E-state index contributed by atoms with van der Waals surface area (Å²) in [6.07, 6.45) is 3.20. The maximum absolute atomic E-state index is 11.9. The van der Waals surface area contributed by atoms with Crippen LogP contribution in [-0.2, 0) is 14.3 Å². The summed E-state index contributed by atoms with van der Waals surface area (Å²) in [5, 5.41) is 12.0. The minimum Gasteiger partial charge on any atom is -0.481 e. The Morgan fingerprint density at radius 2 is 1.69 bits per heavy atom. The Labute approximate surface area is 93.2 Å². The molecule has 3 fully saturated rings. The number of carboxylic acids is 1. The highest BCUT2D eigenvalue weighted by molar-refractivity contribution is 5.86. The molecule has 0 radical (unpaired) electrons. The molecule has 0 aromatic carbocycles. The molecule has 2 heterocycles. The summed E-state index contributed by atoms with van der Waals surface area (Å²) in [4.78, 5) is 23.1. The molecule has 2 N–H and O–H groups in total. The number of hydrogen-bond acceptors (Lipinski definition) is 3. The lowest BCUT2D eigenvalue weighted by Crippen LogP contribution is -2.44. The van der Waals surface area contributed by atoms with Gasteiger partial charge in [-0.3, -0.25) is 9.59 Å². The van der Waals surface area contributed by atoms with E-state index >= 15 is 0 Å². The normalized spacial score (nSPS) is 41.0. The zero-order valence-electron chi connectivity index (χ0n) is 8.89. The van der Waals surface area contributed by atoms with Gasteiger partial charge >= 0.3 is 5.97 Å². The third-order valence-corrected chi connectivity index (χ3v) is 3.78. The SMILES string of the molecule is O=C(O)[C@@H]1[C@H](C(=O)NC2CC2)[C@H]2CC[C@@H]1O2. The van der Waals surface area contributed by atoms with E-state index in [4.69, 9.17) is 9.84 Å². The van der Waals surface area contributed by atoms with Crippen molar-refractivity contribution < 1.29 is 19.4 Å². The monoisotopic (exact) mass is 225 g/mol. The lowest BCUT2D eigenvalue weighted by atomic mass is 9.78. The van der Waals surface area contributed by atoms with Crippen LogP contribution in [0.4, 0.5) is 0 Å². The van der Waals surface area contributed by atoms with Gasteiger partial charge in [-0.25, -0.2) is 0 Å². The van der Waals surface area contributed by atoms with Gasteiger partial charge in [-0.05, 0) is 25.7 Å². The highest BCUT2D eigenvalue weighted by Crippen LogP contribution is 2.43. The second-order valence-corrected chi connectivity index (χ2v) is 4.96. The third-order valence-electron chi connectivity index (χ3n) is 3.78. The number of nitrogens with one attached hydrogen (secondary N) is 1. The highest BCUT2D eigenvalue weighted by atomic mass is 16.5. The van der Waals surface area contributed by atoms with Gasteiger partial charge in [-0.1, -0.05) is 0 Å². The van der Waals surface area contributed by atoms with Gasteiger partial charge in [0.15, 0.2) is 0 Å². The highest BCUT2D eigenvalue weighted by Gasteiger charge is 2.55. The lowest BCUT2D eigenvalue weighted by molar-refractivity contribution is -0.147. The second-order valence-electron chi connectivity index (χ2n) is 4.96. The predicted octanol–water partition coefficient (Wildman–Crippen LogP) is 0.143. The Balaban J connectivity index is 1.75. The summed E-state index contributed by atoms with van der Waals surface area (Å²) in [6, 6.07) is 0.279. The maximum atomic E-state index is 11.9. The minimum absolute atomic E-state index is 0.123. The third kappa shape index (κ3) is 1.50. The van der Waals surface area contributed by atoms with Crippen LogP contribution in [-0.4, -0.2) is 35.2 Å². The number of carbonyl (C=O) groups is 2. The number of hydrogen-bond donors (Lipinski definition) is 2. The first-order chi connectivity index (χ1) is 7.66. The Morgan fingerprint density at radius 1 is 1.06 bits per heavy atom. The van der Waals surface area contributed by atoms with Gasteiger partial charge < -0.3 is 15.2 Å². The summed E-state index contributed by atoms with van der Waals surface area (Å²) in [6.45, 7) is 0. The van der Waals surface area contributed by atoms with Gasteiger partial charge in [0.2, 0.25) is 5.91 Å². The standard InChI is InChI=1S/C11H15NO4/c13-10(12-5-1-2-5)8-6-3-4-7(16-6)9(8)11(14)15/h5-9H,1-4H2,(H,12,13)(H,14,15)/t6-,7+,8-,9+/m1/s1. The van der Waals surface area contributed by atoms with Crippen molar-refractivity contribution in [2.24, 2.45) is 11.8 Å². The van der Waals surface area contributed by atoms with E-state index in [2.05, 4.69) is 5.32 Å². The molecule has 1 aliphatic carbocycles. The second kappa shape index (κ2) is 3.45. The van der Waals surface area contributed by atoms with Gasteiger partial charge in [-0.2, -0.15) is 0 Å². The molecular formula is C11H15NO4. The van der Waals surface area contributed by atoms with Crippen molar-refractivity contribution in [2.45, 2.75) is 43.9 Å². The minimum atomic E-state index is -0.900. The Kier molecular flexibility index (Phi) is 2.17. The van der Waals surface area contributed by atoms with Crippen LogP contribution in [0.25, 0.3) is 0 Å². The Morgan fingerprint density at radius 3 is 2.25 bits per heavy atom. The molecule has 0 aromatic rings. The van der Waals surface area contributed by atoms with Gasteiger partial charge in [0, 0.05) is 6.04 Å². The van der Waals surface area contributed by atoms with Crippen LogP contribution in [0.5, 0.6) is 0 Å². The fraction of sp³-hybridized carbons (Fsp3) is 0.818. The number of ether oxygens (including phenoxy) is 1. The summed E-state index contributed by atoms with van der Waals surface area (Å²) in [5.74, 6) is -2.14. The summed E-state index contributed by atoms with van der Waals surface area (Å²) >= 11 is 0. The number of aliphatic carboxylic acids is 1. The van der Waals surface area contributed by atoms with Gasteiger partial charge in [0.05, 0.1) is 24.0 Å². The van der Waals surface area contributed by atoms with E-state index in [-0.39, 0.29) is 24.2 Å². The van der Waals surface area contributed by atoms with Gasteiger partial charge in [0.1, 0.15) is 0 Å². The summed E-state index contributed by atoms with van der Waals surface area (Å²) in [5.41, 5.74) is 0. The summed E-state index contributed by atoms with van der Waals surface area (Å²) < 4.78 is 5.54. The van der Waals surface area contributed by atoms with Gasteiger partial charge in [0.25, 0.3) is 0 Å². The van der Waals surface area contributed by atoms with E-state index in [1.165, 1.54) is 0 Å². The molecule has 3 rings (SSSR count). The van der Waals surface area contributed by atoms with Crippen LogP contribution < -0.4 is 5.32 Å². The molecule has 16 heavy (non-hydrogen) atoms. The van der Waals surface area contributed by atoms with Crippen molar-refractivity contribution >= 4 is 11.9 Å². The van der Waals surface area contributed by atoms with E-state index in [1.54, 1.807) is 0 Å². The van der Waals surface area contributed by atoms with E-state index in [1.807, 2.05) is 0 Å². The van der Waals surface area contributed by atoms with Crippen LogP contribution >= 0.6 is 0 Å². The molecule has 4 atom stereocenters. The van der Waals surface area contributed by atoms with E-state index < -0.39 is 17.8 Å².